The summed E-state index contributed by atoms with van der Waals surface area (Å²) >= 11 is 13.7. The molecule has 4 N–H and O–H groups in total. The molecule has 3 aromatic rings. The van der Waals surface area contributed by atoms with Crippen molar-refractivity contribution in [2.24, 2.45) is 5.41 Å². The van der Waals surface area contributed by atoms with Crippen LogP contribution in [0, 0.1) is 19.3 Å². The van der Waals surface area contributed by atoms with E-state index in [4.69, 9.17) is 27.9 Å². The van der Waals surface area contributed by atoms with Gasteiger partial charge in [-0.1, -0.05) is 57.0 Å². The number of anilines is 1. The summed E-state index contributed by atoms with van der Waals surface area (Å²) < 4.78 is 81.6. The Labute approximate surface area is 295 Å². The van der Waals surface area contributed by atoms with Crippen LogP contribution in [0.15, 0.2) is 21.9 Å². The van der Waals surface area contributed by atoms with Gasteiger partial charge >= 0.3 is 5.97 Å². The number of rotatable bonds is 4. The molecule has 0 fully saturated rings. The summed E-state index contributed by atoms with van der Waals surface area (Å²) in [6, 6.07) is 3.33. The van der Waals surface area contributed by atoms with Crippen LogP contribution in [0.1, 0.15) is 110 Å². The van der Waals surface area contributed by atoms with Crippen molar-refractivity contribution in [3.8, 4) is 11.5 Å². The number of benzene rings is 3. The topological polar surface area (TPSA) is 167 Å². The molecule has 0 bridgehead atoms. The van der Waals surface area contributed by atoms with Gasteiger partial charge in [0.1, 0.15) is 4.90 Å². The second-order valence-electron chi connectivity index (χ2n) is 14.8. The Morgan fingerprint density at radius 3 is 2.02 bits per heavy atom. The average Bonchev–Trinajstić information content (AvgIpc) is 2.92. The number of hydrogen-bond donors (Lipinski definition) is 4. The first-order chi connectivity index (χ1) is 22.4. The number of aromatic carboxylic acids is 1. The van der Waals surface area contributed by atoms with Crippen LogP contribution >= 0.6 is 23.2 Å². The second-order valence-corrected chi connectivity index (χ2v) is 18.3. The molecule has 2 heterocycles. The molecule has 0 radical (unpaired) electrons. The van der Waals surface area contributed by atoms with Gasteiger partial charge in [-0.2, -0.15) is 16.8 Å². The lowest BCUT2D eigenvalue weighted by molar-refractivity contribution is 0.0696. The van der Waals surface area contributed by atoms with E-state index < -0.39 is 64.0 Å². The number of ether oxygens (including phenoxy) is 1. The molecule has 3 aliphatic rings. The number of carboxylic acids is 1. The number of hydrogen-bond acceptors (Lipinski definition) is 7. The number of nitrogens with one attached hydrogen (secondary N) is 1. The van der Waals surface area contributed by atoms with Crippen molar-refractivity contribution in [2.75, 3.05) is 5.32 Å². The van der Waals surface area contributed by atoms with Gasteiger partial charge in [0.25, 0.3) is 20.2 Å². The fraction of sp³-hybridized carbons (Fsp3) is 0.400. The molecule has 0 amide bonds. The van der Waals surface area contributed by atoms with E-state index in [0.29, 0.717) is 35.1 Å². The Morgan fingerprint density at radius 1 is 0.878 bits per heavy atom. The maximum absolute atomic E-state index is 13.4. The fourth-order valence-electron chi connectivity index (χ4n) is 7.97. The third-order valence-corrected chi connectivity index (χ3v) is 12.7. The molecule has 0 saturated heterocycles. The van der Waals surface area contributed by atoms with Gasteiger partial charge in [-0.05, 0) is 97.4 Å². The van der Waals surface area contributed by atoms with Gasteiger partial charge in [-0.15, -0.1) is 0 Å². The van der Waals surface area contributed by atoms with E-state index >= 15 is 0 Å². The number of halogens is 2. The molecule has 49 heavy (non-hydrogen) atoms. The molecule has 10 nitrogen and oxygen atoms in total. The van der Waals surface area contributed by atoms with Gasteiger partial charge in [0.2, 0.25) is 0 Å². The van der Waals surface area contributed by atoms with Crippen LogP contribution in [0.4, 0.5) is 5.69 Å². The molecule has 3 aromatic carbocycles. The first-order valence-electron chi connectivity index (χ1n) is 15.6. The summed E-state index contributed by atoms with van der Waals surface area (Å²) in [4.78, 5) is 11.7. The largest absolute Gasteiger partial charge is 0.478 e. The maximum Gasteiger partial charge on any atom is 0.337 e. The van der Waals surface area contributed by atoms with Gasteiger partial charge in [-0.3, -0.25) is 9.11 Å². The summed E-state index contributed by atoms with van der Waals surface area (Å²) in [6.07, 6.45) is 2.90. The number of carboxylic acid groups (broad SMARTS) is 1. The van der Waals surface area contributed by atoms with Crippen LogP contribution in [0.3, 0.4) is 0 Å². The van der Waals surface area contributed by atoms with Crippen molar-refractivity contribution >= 4 is 66.7 Å². The Kier molecular flexibility index (Phi) is 8.15. The minimum atomic E-state index is -5.12. The average molecular weight is 751 g/mol. The summed E-state index contributed by atoms with van der Waals surface area (Å²) in [5.74, 6) is -2.83. The van der Waals surface area contributed by atoms with Gasteiger partial charge in [-0.25, -0.2) is 4.79 Å². The lowest BCUT2D eigenvalue weighted by Gasteiger charge is -2.40. The molecule has 2 aliphatic heterocycles. The summed E-state index contributed by atoms with van der Waals surface area (Å²) in [6.45, 7) is 14.6. The van der Waals surface area contributed by atoms with Gasteiger partial charge in [0.05, 0.1) is 21.3 Å². The second kappa shape index (κ2) is 11.2. The van der Waals surface area contributed by atoms with Crippen LogP contribution in [-0.2, 0) is 20.2 Å². The summed E-state index contributed by atoms with van der Waals surface area (Å²) in [7, 11) is -10.2. The van der Waals surface area contributed by atoms with E-state index in [-0.39, 0.29) is 54.7 Å². The molecule has 1 aliphatic carbocycles. The van der Waals surface area contributed by atoms with Gasteiger partial charge in [0.15, 0.2) is 16.4 Å². The maximum atomic E-state index is 13.4. The predicted octanol–water partition coefficient (Wildman–Crippen LogP) is 7.17. The molecule has 0 saturated carbocycles. The molecule has 0 aromatic heterocycles. The SMILES string of the molecule is Cc1c(C)c(Cl)c(C2=c3cc4c(c(S(=O)(=O)O)c3Oc3c2cc2c(c3S(=O)(=O)O)NC(C)(C)CC2C)=CC(C)(C)CC4C)c(C(=O)O)c1Cl. The van der Waals surface area contributed by atoms with Crippen molar-refractivity contribution in [1.82, 2.24) is 0 Å². The zero-order chi connectivity index (χ0) is 36.5. The standard InChI is InChI=1S/C35H37Cl2NO9S2/c1-14-11-34(5,6)13-22-18(14)9-20-23(24-25(33(39)40)27(37)17(4)16(3)26(24)36)21-10-19-15(2)12-35(7,8)38-28(19)32(49(44,45)46)30(21)47-29(20)31(22)48(41,42)43/h9-10,13-15,38H,11-12H2,1-8H3,(H,39,40)(H,41,42,43)(H,44,45,46). The van der Waals surface area contributed by atoms with E-state index in [1.54, 1.807) is 32.1 Å². The minimum Gasteiger partial charge on any atom is -0.478 e. The first-order valence-corrected chi connectivity index (χ1v) is 19.3. The van der Waals surface area contributed by atoms with E-state index in [0.717, 1.165) is 0 Å². The van der Waals surface area contributed by atoms with Crippen molar-refractivity contribution in [3.63, 3.8) is 0 Å². The Hall–Kier alpha value is -3.13. The first kappa shape index (κ1) is 35.7. The van der Waals surface area contributed by atoms with Crippen molar-refractivity contribution in [3.05, 3.63) is 71.6 Å². The molecular weight excluding hydrogens is 713 g/mol. The van der Waals surface area contributed by atoms with E-state index in [1.807, 2.05) is 41.5 Å². The predicted molar refractivity (Wildman–Crippen MR) is 188 cm³/mol. The molecule has 2 atom stereocenters. The zero-order valence-corrected chi connectivity index (χ0v) is 31.3. The van der Waals surface area contributed by atoms with Crippen LogP contribution in [0.2, 0.25) is 10.0 Å². The number of fused-ring (bicyclic) bond motifs is 4. The zero-order valence-electron chi connectivity index (χ0n) is 28.2. The molecule has 2 unspecified atom stereocenters. The van der Waals surface area contributed by atoms with Crippen LogP contribution in [0.5, 0.6) is 11.5 Å². The molecule has 0 spiro atoms. The molecule has 14 heteroatoms. The monoisotopic (exact) mass is 749 g/mol. The van der Waals surface area contributed by atoms with Gasteiger partial charge < -0.3 is 15.2 Å². The molecule has 262 valence electrons. The lowest BCUT2D eigenvalue weighted by atomic mass is 9.74. The number of carbonyl (C=O) groups is 1. The summed E-state index contributed by atoms with van der Waals surface area (Å²) in [5.41, 5.74) is 0.382. The highest BCUT2D eigenvalue weighted by atomic mass is 35.5. The minimum absolute atomic E-state index is 0.0154. The highest BCUT2D eigenvalue weighted by Gasteiger charge is 2.42. The summed E-state index contributed by atoms with van der Waals surface area (Å²) in [5, 5.41) is 13.9. The van der Waals surface area contributed by atoms with Gasteiger partial charge in [0, 0.05) is 27.5 Å². The third-order valence-electron chi connectivity index (χ3n) is 9.91. The van der Waals surface area contributed by atoms with E-state index in [2.05, 4.69) is 5.32 Å². The third kappa shape index (κ3) is 5.64. The van der Waals surface area contributed by atoms with Crippen molar-refractivity contribution in [1.29, 1.82) is 0 Å². The fourth-order valence-corrected chi connectivity index (χ4v) is 10.3. The lowest BCUT2D eigenvalue weighted by Crippen LogP contribution is -2.38. The van der Waals surface area contributed by atoms with Crippen molar-refractivity contribution < 1.29 is 40.6 Å². The Bertz CT molecular complexity index is 2400. The van der Waals surface area contributed by atoms with Crippen LogP contribution in [-0.4, -0.2) is 42.6 Å². The van der Waals surface area contributed by atoms with Crippen LogP contribution in [0.25, 0.3) is 11.6 Å². The highest BCUT2D eigenvalue weighted by Crippen LogP contribution is 2.53. The quantitative estimate of drug-likeness (QED) is 0.157. The Morgan fingerprint density at radius 2 is 1.45 bits per heavy atom. The van der Waals surface area contributed by atoms with Crippen molar-refractivity contribution in [2.45, 2.75) is 95.4 Å². The normalized spacial score (nSPS) is 20.5. The van der Waals surface area contributed by atoms with E-state index in [1.165, 1.54) is 0 Å². The highest BCUT2D eigenvalue weighted by molar-refractivity contribution is 7.86. The molecular formula is C35H37Cl2NO9S2. The van der Waals surface area contributed by atoms with E-state index in [9.17, 15) is 35.8 Å². The Balaban J connectivity index is 1.99. The smallest absolute Gasteiger partial charge is 0.337 e. The molecule has 6 rings (SSSR count). The van der Waals surface area contributed by atoms with Crippen LogP contribution < -0.4 is 20.5 Å².